The van der Waals surface area contributed by atoms with Crippen LogP contribution in [0.5, 0.6) is 11.5 Å². The van der Waals surface area contributed by atoms with Crippen molar-refractivity contribution < 1.29 is 23.1 Å². The first-order chi connectivity index (χ1) is 25.2. The molecule has 0 saturated carbocycles. The minimum atomic E-state index is -0.567. The predicted octanol–water partition coefficient (Wildman–Crippen LogP) is 6.45. The lowest BCUT2D eigenvalue weighted by Gasteiger charge is -2.29. The molecule has 12 heteroatoms. The van der Waals surface area contributed by atoms with Crippen molar-refractivity contribution in [2.24, 2.45) is 5.73 Å². The molecule has 0 atom stereocenters. The lowest BCUT2D eigenvalue weighted by atomic mass is 10.0. The summed E-state index contributed by atoms with van der Waals surface area (Å²) in [6.45, 7) is 7.16. The van der Waals surface area contributed by atoms with E-state index in [9.17, 15) is 14.4 Å². The van der Waals surface area contributed by atoms with E-state index in [4.69, 9.17) is 14.9 Å². The molecule has 2 aliphatic rings. The minimum absolute atomic E-state index is 0.0527. The van der Waals surface area contributed by atoms with E-state index in [1.54, 1.807) is 10.8 Å². The number of halogens is 1. The Balaban J connectivity index is 0.000000402. The molecule has 3 aromatic carbocycles. The monoisotopic (exact) mass is 712 g/mol. The Hall–Kier alpha value is -4.94. The molecule has 1 saturated heterocycles. The SMILES string of the molecule is CCCCCN(C)c1c(F)cc2c(=O)c(C(=O)NCCCCNC)cn3c2c1Oc1cc2c(cc1-3)oc1ccccc12.NC(=O)CCN1CCCC1. The normalized spacial score (nSPS) is 13.5. The van der Waals surface area contributed by atoms with Crippen molar-refractivity contribution in [1.82, 2.24) is 20.1 Å². The average molecular weight is 713 g/mol. The summed E-state index contributed by atoms with van der Waals surface area (Å²) in [5.41, 5.74) is 7.11. The molecular weight excluding hydrogens is 663 g/mol. The molecule has 52 heavy (non-hydrogen) atoms. The summed E-state index contributed by atoms with van der Waals surface area (Å²) >= 11 is 0. The fourth-order valence-electron chi connectivity index (χ4n) is 7.05. The third-order valence-corrected chi connectivity index (χ3v) is 9.84. The van der Waals surface area contributed by atoms with Crippen molar-refractivity contribution in [3.8, 4) is 17.2 Å². The smallest absolute Gasteiger partial charge is 0.256 e. The highest BCUT2D eigenvalue weighted by molar-refractivity contribution is 6.07. The van der Waals surface area contributed by atoms with Crippen LogP contribution in [0.3, 0.4) is 0 Å². The Bertz CT molecular complexity index is 2140. The molecule has 4 N–H and O–H groups in total. The van der Waals surface area contributed by atoms with Crippen molar-refractivity contribution >= 4 is 50.3 Å². The molecule has 0 unspecified atom stereocenters. The second-order valence-corrected chi connectivity index (χ2v) is 13.7. The second kappa shape index (κ2) is 16.6. The number of nitrogens with zero attached hydrogens (tertiary/aromatic N) is 3. The van der Waals surface area contributed by atoms with Gasteiger partial charge in [0.25, 0.3) is 5.91 Å². The Morgan fingerprint density at radius 3 is 2.50 bits per heavy atom. The number of para-hydroxylation sites is 1. The molecule has 11 nitrogen and oxygen atoms in total. The number of furan rings is 1. The average Bonchev–Trinajstić information content (AvgIpc) is 3.79. The number of aromatic nitrogens is 1. The Morgan fingerprint density at radius 1 is 0.981 bits per heavy atom. The molecule has 5 aromatic rings. The van der Waals surface area contributed by atoms with Gasteiger partial charge in [0.05, 0.1) is 11.1 Å². The molecule has 7 rings (SSSR count). The molecule has 2 aliphatic heterocycles. The number of benzene rings is 3. The van der Waals surface area contributed by atoms with Gasteiger partial charge in [0.1, 0.15) is 27.9 Å². The van der Waals surface area contributed by atoms with Gasteiger partial charge < -0.3 is 39.9 Å². The van der Waals surface area contributed by atoms with Gasteiger partial charge in [0.15, 0.2) is 17.3 Å². The zero-order chi connectivity index (χ0) is 36.8. The Labute approximate surface area is 302 Å². The maximum atomic E-state index is 15.9. The number of ether oxygens (including phenoxy) is 1. The van der Waals surface area contributed by atoms with Crippen LogP contribution in [-0.4, -0.2) is 74.6 Å². The molecule has 4 heterocycles. The van der Waals surface area contributed by atoms with E-state index in [1.807, 2.05) is 55.4 Å². The fraction of sp³-hybridized carbons (Fsp3) is 0.425. The van der Waals surface area contributed by atoms with Gasteiger partial charge >= 0.3 is 0 Å². The molecule has 0 spiro atoms. The number of anilines is 1. The number of rotatable bonds is 14. The van der Waals surface area contributed by atoms with Crippen molar-refractivity contribution in [3.63, 3.8) is 0 Å². The molecule has 0 bridgehead atoms. The molecule has 2 aromatic heterocycles. The van der Waals surface area contributed by atoms with Gasteiger partial charge in [-0.25, -0.2) is 4.39 Å². The van der Waals surface area contributed by atoms with Crippen LogP contribution in [-0.2, 0) is 4.79 Å². The van der Waals surface area contributed by atoms with E-state index in [2.05, 4.69) is 22.5 Å². The highest BCUT2D eigenvalue weighted by atomic mass is 19.1. The molecule has 2 amide bonds. The number of hydrogen-bond donors (Lipinski definition) is 3. The lowest BCUT2D eigenvalue weighted by molar-refractivity contribution is -0.118. The Morgan fingerprint density at radius 2 is 1.75 bits per heavy atom. The van der Waals surface area contributed by atoms with Gasteiger partial charge in [0, 0.05) is 56.1 Å². The van der Waals surface area contributed by atoms with E-state index in [0.717, 1.165) is 74.6 Å². The summed E-state index contributed by atoms with van der Waals surface area (Å²) in [5.74, 6) is -0.496. The lowest BCUT2D eigenvalue weighted by Crippen LogP contribution is -2.31. The van der Waals surface area contributed by atoms with Gasteiger partial charge in [-0.3, -0.25) is 14.4 Å². The van der Waals surface area contributed by atoms with Crippen LogP contribution in [0.15, 0.2) is 57.9 Å². The van der Waals surface area contributed by atoms with Gasteiger partial charge in [-0.2, -0.15) is 0 Å². The molecule has 0 aliphatic carbocycles. The summed E-state index contributed by atoms with van der Waals surface area (Å²) in [5, 5.41) is 7.82. The summed E-state index contributed by atoms with van der Waals surface area (Å²) in [4.78, 5) is 41.4. The highest BCUT2D eigenvalue weighted by Gasteiger charge is 2.30. The van der Waals surface area contributed by atoms with Crippen LogP contribution in [0.25, 0.3) is 38.5 Å². The Kier molecular flexibility index (Phi) is 11.8. The first-order valence-electron chi connectivity index (χ1n) is 18.4. The van der Waals surface area contributed by atoms with E-state index in [0.29, 0.717) is 42.0 Å². The highest BCUT2D eigenvalue weighted by Crippen LogP contribution is 2.48. The summed E-state index contributed by atoms with van der Waals surface area (Å²) < 4.78 is 30.3. The third-order valence-electron chi connectivity index (χ3n) is 9.84. The van der Waals surface area contributed by atoms with Gasteiger partial charge in [-0.1, -0.05) is 38.0 Å². The maximum absolute atomic E-state index is 15.9. The number of fused-ring (bicyclic) bond motifs is 5. The summed E-state index contributed by atoms with van der Waals surface area (Å²) in [7, 11) is 3.71. The van der Waals surface area contributed by atoms with E-state index >= 15 is 4.39 Å². The van der Waals surface area contributed by atoms with Crippen molar-refractivity contribution in [3.05, 3.63) is 70.3 Å². The molecule has 276 valence electrons. The largest absolute Gasteiger partial charge is 0.456 e. The maximum Gasteiger partial charge on any atom is 0.256 e. The number of carbonyl (C=O) groups is 2. The molecule has 1 fully saturated rings. The second-order valence-electron chi connectivity index (χ2n) is 13.7. The zero-order valence-electron chi connectivity index (χ0n) is 30.4. The number of carbonyl (C=O) groups excluding carboxylic acids is 2. The number of amides is 2. The number of likely N-dealkylation sites (tertiary alicyclic amines) is 1. The van der Waals surface area contributed by atoms with E-state index < -0.39 is 17.2 Å². The van der Waals surface area contributed by atoms with Crippen molar-refractivity contribution in [2.75, 3.05) is 58.3 Å². The molecule has 0 radical (unpaired) electrons. The first-order valence-corrected chi connectivity index (χ1v) is 18.4. The quantitative estimate of drug-likeness (QED) is 0.110. The van der Waals surface area contributed by atoms with Crippen LogP contribution in [0.1, 0.15) is 68.6 Å². The van der Waals surface area contributed by atoms with E-state index in [-0.39, 0.29) is 28.3 Å². The van der Waals surface area contributed by atoms with Crippen LogP contribution in [0.2, 0.25) is 0 Å². The number of nitrogens with one attached hydrogen (secondary N) is 2. The van der Waals surface area contributed by atoms with Crippen molar-refractivity contribution in [2.45, 2.75) is 58.3 Å². The predicted molar refractivity (Wildman–Crippen MR) is 205 cm³/mol. The van der Waals surface area contributed by atoms with Crippen molar-refractivity contribution in [1.29, 1.82) is 0 Å². The number of pyridine rings is 1. The van der Waals surface area contributed by atoms with Crippen LogP contribution in [0.4, 0.5) is 10.1 Å². The standard InChI is InChI=1S/C33H35FN4O4.C7H14N2O/c1-4-5-10-15-37(3)30-24(34)16-22-29-32(30)42-28-17-21-20-11-6-7-12-26(20)41-27(21)18-25(28)38(29)19-23(31(22)39)33(40)36-14-9-8-13-35-2;8-7(10)3-6-9-4-1-2-5-9/h6-7,11-12,16-19,35H,4-5,8-10,13-15H2,1-3H3,(H,36,40);1-6H2,(H2,8,10). The third kappa shape index (κ3) is 7.78. The number of primary amides is 1. The summed E-state index contributed by atoms with van der Waals surface area (Å²) in [6, 6.07) is 12.7. The zero-order valence-corrected chi connectivity index (χ0v) is 30.4. The summed E-state index contributed by atoms with van der Waals surface area (Å²) in [6.07, 6.45) is 9.22. The first kappa shape index (κ1) is 36.8. The number of nitrogens with two attached hydrogens (primary N) is 1. The topological polar surface area (TPSA) is 135 Å². The van der Waals surface area contributed by atoms with Gasteiger partial charge in [0.2, 0.25) is 11.3 Å². The van der Waals surface area contributed by atoms with Crippen LogP contribution >= 0.6 is 0 Å². The molecular formula is C40H49FN6O5. The number of unbranched alkanes of at least 4 members (excludes halogenated alkanes) is 3. The van der Waals surface area contributed by atoms with E-state index in [1.165, 1.54) is 18.9 Å². The van der Waals surface area contributed by atoms with Crippen LogP contribution in [0, 0.1) is 5.82 Å². The fourth-order valence-corrected chi connectivity index (χ4v) is 7.05. The van der Waals surface area contributed by atoms with Gasteiger partial charge in [-0.15, -0.1) is 0 Å². The van der Waals surface area contributed by atoms with Gasteiger partial charge in [-0.05, 0) is 77.0 Å². The van der Waals surface area contributed by atoms with Crippen LogP contribution < -0.4 is 31.4 Å². The minimum Gasteiger partial charge on any atom is -0.456 e. The number of hydrogen-bond acceptors (Lipinski definition) is 8.